The van der Waals surface area contributed by atoms with Gasteiger partial charge in [0.05, 0.1) is 0 Å². The molecule has 0 aromatic heterocycles. The van der Waals surface area contributed by atoms with Gasteiger partial charge in [0.2, 0.25) is 0 Å². The molecule has 0 unspecified atom stereocenters. The summed E-state index contributed by atoms with van der Waals surface area (Å²) >= 11 is 0. The van der Waals surface area contributed by atoms with Gasteiger partial charge in [0.25, 0.3) is 0 Å². The first-order valence-electron chi connectivity index (χ1n) is 10.3. The molecule has 0 fully saturated rings. The summed E-state index contributed by atoms with van der Waals surface area (Å²) in [6, 6.07) is 16.4. The topological polar surface area (TPSA) is 3.24 Å². The Balaban J connectivity index is 3.72. The summed E-state index contributed by atoms with van der Waals surface area (Å²) in [5.74, 6) is 0. The van der Waals surface area contributed by atoms with Gasteiger partial charge in [0, 0.05) is 0 Å². The maximum atomic E-state index is 4.10. The number of rotatable bonds is 16. The van der Waals surface area contributed by atoms with Crippen molar-refractivity contribution in [3.8, 4) is 0 Å². The van der Waals surface area contributed by atoms with Crippen LogP contribution in [0, 0.1) is 0 Å². The lowest BCUT2D eigenvalue weighted by Gasteiger charge is -2.52. The molecule has 0 aliphatic heterocycles. The van der Waals surface area contributed by atoms with Gasteiger partial charge in [-0.2, -0.15) is 0 Å². The molecule has 0 aliphatic carbocycles. The van der Waals surface area contributed by atoms with Crippen molar-refractivity contribution in [2.24, 2.45) is 0 Å². The molecule has 1 rings (SSSR count). The maximum Gasteiger partial charge on any atom is 0.158 e. The zero-order chi connectivity index (χ0) is 21.6. The zero-order valence-corrected chi connectivity index (χ0v) is 19.9. The summed E-state index contributed by atoms with van der Waals surface area (Å²) in [5, 5.41) is 0. The number of allylic oxidation sites excluding steroid dienone is 6. The van der Waals surface area contributed by atoms with E-state index in [2.05, 4.69) is 117 Å². The fourth-order valence-corrected chi connectivity index (χ4v) is 16.1. The second kappa shape index (κ2) is 13.0. The lowest BCUT2D eigenvalue weighted by molar-refractivity contribution is 0.783. The Morgan fingerprint density at radius 2 is 0.931 bits per heavy atom. The second-order valence-corrected chi connectivity index (χ2v) is 16.3. The van der Waals surface area contributed by atoms with E-state index in [9.17, 15) is 0 Å². The van der Waals surface area contributed by atoms with Crippen molar-refractivity contribution >= 4 is 22.5 Å². The summed E-state index contributed by atoms with van der Waals surface area (Å²) in [7, 11) is -4.03. The third kappa shape index (κ3) is 6.58. The highest BCUT2D eigenvalue weighted by Crippen LogP contribution is 2.38. The van der Waals surface area contributed by atoms with Crippen LogP contribution in [0.4, 0.5) is 0 Å². The van der Waals surface area contributed by atoms with Crippen LogP contribution in [-0.4, -0.2) is 20.7 Å². The molecule has 0 saturated carbocycles. The van der Waals surface area contributed by atoms with E-state index in [0.717, 1.165) is 36.3 Å². The molecule has 0 saturated heterocycles. The molecule has 1 nitrogen and oxygen atoms in total. The average molecular weight is 420 g/mol. The van der Waals surface area contributed by atoms with E-state index in [1.54, 1.807) is 0 Å². The van der Waals surface area contributed by atoms with E-state index >= 15 is 0 Å². The molecule has 0 bridgehead atoms. The van der Waals surface area contributed by atoms with Gasteiger partial charge < -0.3 is 4.23 Å². The van der Waals surface area contributed by atoms with Crippen LogP contribution in [0.25, 0.3) is 6.08 Å². The number of hydrogen-bond donors (Lipinski definition) is 0. The van der Waals surface area contributed by atoms with E-state index in [4.69, 9.17) is 0 Å². The van der Waals surface area contributed by atoms with Crippen molar-refractivity contribution in [1.82, 2.24) is 4.23 Å². The van der Waals surface area contributed by atoms with E-state index < -0.39 is 16.5 Å². The monoisotopic (exact) mass is 419 g/mol. The van der Waals surface area contributed by atoms with Crippen molar-refractivity contribution in [2.45, 2.75) is 36.3 Å². The van der Waals surface area contributed by atoms with Crippen molar-refractivity contribution in [2.75, 3.05) is 0 Å². The van der Waals surface area contributed by atoms with Gasteiger partial charge in [-0.3, -0.25) is 0 Å². The molecule has 0 atom stereocenters. The quantitative estimate of drug-likeness (QED) is 0.194. The fourth-order valence-electron chi connectivity index (χ4n) is 4.25. The van der Waals surface area contributed by atoms with Gasteiger partial charge in [-0.05, 0) is 54.1 Å². The Morgan fingerprint density at radius 1 is 0.586 bits per heavy atom. The zero-order valence-electron chi connectivity index (χ0n) is 17.9. The van der Waals surface area contributed by atoms with E-state index in [1.165, 1.54) is 5.56 Å². The largest absolute Gasteiger partial charge is 0.428 e. The molecule has 0 radical (unpaired) electrons. The van der Waals surface area contributed by atoms with Gasteiger partial charge in [0.1, 0.15) is 0 Å². The minimum atomic E-state index is -2.02. The van der Waals surface area contributed by atoms with Crippen LogP contribution in [0.5, 0.6) is 0 Å². The Bertz CT molecular complexity index is 626. The predicted molar refractivity (Wildman–Crippen MR) is 139 cm³/mol. The van der Waals surface area contributed by atoms with Gasteiger partial charge >= 0.3 is 0 Å². The van der Waals surface area contributed by atoms with E-state index in [0.29, 0.717) is 0 Å². The summed E-state index contributed by atoms with van der Waals surface area (Å²) in [5.41, 5.74) is 1.20. The van der Waals surface area contributed by atoms with E-state index in [1.807, 2.05) is 6.07 Å². The Kier molecular flexibility index (Phi) is 11.0. The molecule has 0 aliphatic rings. The van der Waals surface area contributed by atoms with Gasteiger partial charge in [-0.25, -0.2) is 0 Å². The van der Waals surface area contributed by atoms with Crippen LogP contribution in [-0.2, 0) is 0 Å². The highest BCUT2D eigenvalue weighted by molar-refractivity contribution is 6.94. The molecule has 0 N–H and O–H groups in total. The number of nitrogens with zero attached hydrogens (tertiary/aromatic N) is 1. The van der Waals surface area contributed by atoms with Gasteiger partial charge in [0.15, 0.2) is 16.5 Å². The Hall–Kier alpha value is -2.37. The minimum Gasteiger partial charge on any atom is -0.428 e. The van der Waals surface area contributed by atoms with Gasteiger partial charge in [-0.1, -0.05) is 66.8 Å². The van der Waals surface area contributed by atoms with Crippen LogP contribution in [0.15, 0.2) is 112 Å². The standard InChI is InChI=1S/C26H37NSi2/c1-7-20-28(21-8-2,22-9-3)27(19-18-26-16-14-13-15-17-26)29(23-10-4,24-11-5)25-12-6/h7-19H,1-6,20-25H2/b19-18+. The lowest BCUT2D eigenvalue weighted by atomic mass is 10.2. The Labute approximate surface area is 181 Å². The summed E-state index contributed by atoms with van der Waals surface area (Å²) in [6.45, 7) is 24.6. The van der Waals surface area contributed by atoms with E-state index in [-0.39, 0.29) is 0 Å². The fraction of sp³-hybridized carbons (Fsp3) is 0.231. The van der Waals surface area contributed by atoms with Crippen LogP contribution < -0.4 is 0 Å². The summed E-state index contributed by atoms with van der Waals surface area (Å²) < 4.78 is 2.77. The lowest BCUT2D eigenvalue weighted by Crippen LogP contribution is -2.63. The normalized spacial score (nSPS) is 11.6. The Morgan fingerprint density at radius 3 is 1.24 bits per heavy atom. The highest BCUT2D eigenvalue weighted by Gasteiger charge is 2.46. The van der Waals surface area contributed by atoms with Crippen LogP contribution in [0.1, 0.15) is 5.56 Å². The molecule has 154 valence electrons. The number of benzene rings is 1. The predicted octanol–water partition coefficient (Wildman–Crippen LogP) is 7.97. The van der Waals surface area contributed by atoms with Crippen molar-refractivity contribution in [1.29, 1.82) is 0 Å². The smallest absolute Gasteiger partial charge is 0.158 e. The van der Waals surface area contributed by atoms with Crippen LogP contribution in [0.3, 0.4) is 0 Å². The molecule has 1 aromatic rings. The molecular formula is C26H37NSi2. The van der Waals surface area contributed by atoms with Crippen LogP contribution >= 0.6 is 0 Å². The number of hydrogen-bond acceptors (Lipinski definition) is 1. The molecule has 0 heterocycles. The average Bonchev–Trinajstić information content (AvgIpc) is 2.70. The first-order valence-corrected chi connectivity index (χ1v) is 15.4. The van der Waals surface area contributed by atoms with Crippen molar-refractivity contribution < 1.29 is 0 Å². The third-order valence-corrected chi connectivity index (χ3v) is 16.9. The summed E-state index contributed by atoms with van der Waals surface area (Å²) in [4.78, 5) is 0. The van der Waals surface area contributed by atoms with Crippen molar-refractivity contribution in [3.63, 3.8) is 0 Å². The van der Waals surface area contributed by atoms with Gasteiger partial charge in [-0.15, -0.1) is 39.5 Å². The molecule has 3 heteroatoms. The van der Waals surface area contributed by atoms with Crippen LogP contribution in [0.2, 0.25) is 36.3 Å². The second-order valence-electron chi connectivity index (χ2n) is 7.50. The molecule has 0 spiro atoms. The molecule has 0 amide bonds. The maximum absolute atomic E-state index is 4.10. The highest BCUT2D eigenvalue weighted by atomic mass is 28.4. The molecule has 1 aromatic carbocycles. The SMILES string of the molecule is C=CC[Si](CC=C)(CC=C)N(/C=C/c1ccccc1)[Si](CC=C)(CC=C)CC=C. The third-order valence-electron chi connectivity index (χ3n) is 5.38. The summed E-state index contributed by atoms with van der Waals surface area (Å²) in [6.07, 6.45) is 17.1. The molecule has 29 heavy (non-hydrogen) atoms. The van der Waals surface area contributed by atoms with Crippen molar-refractivity contribution in [3.05, 3.63) is 118 Å². The molecular weight excluding hydrogens is 382 g/mol. The first-order chi connectivity index (χ1) is 14.1. The first kappa shape index (κ1) is 24.7. The minimum absolute atomic E-state index is 0.990.